The molecule has 0 amide bonds. The van der Waals surface area contributed by atoms with Gasteiger partial charge in [-0.05, 0) is 0 Å². The van der Waals surface area contributed by atoms with Gasteiger partial charge in [-0.1, -0.05) is 0 Å². The lowest BCUT2D eigenvalue weighted by molar-refractivity contribution is -0.140. The van der Waals surface area contributed by atoms with E-state index in [1.165, 1.54) is 0 Å². The van der Waals surface area contributed by atoms with E-state index in [2.05, 4.69) is 4.74 Å². The molecule has 0 spiro atoms. The van der Waals surface area contributed by atoms with Crippen LogP contribution in [0.4, 0.5) is 0 Å². The van der Waals surface area contributed by atoms with Crippen LogP contribution in [0, 0.1) is 0 Å². The molecule has 0 aromatic heterocycles. The summed E-state index contributed by atoms with van der Waals surface area (Å²) in [6.07, 6.45) is 0. The highest BCUT2D eigenvalue weighted by Crippen LogP contribution is 1.83. The van der Waals surface area contributed by atoms with E-state index in [-0.39, 0.29) is 6.61 Å². The van der Waals surface area contributed by atoms with Crippen LogP contribution in [0.5, 0.6) is 0 Å². The van der Waals surface area contributed by atoms with Crippen LogP contribution in [0.1, 0.15) is 6.92 Å². The molecule has 0 N–H and O–H groups in total. The van der Waals surface area contributed by atoms with E-state index in [9.17, 15) is 17.8 Å². The average Bonchev–Trinajstić information content (AvgIpc) is 1.59. The van der Waals surface area contributed by atoms with Gasteiger partial charge in [0.05, 0.1) is 15.9 Å². The molecule has 60 valence electrons. The summed E-state index contributed by atoms with van der Waals surface area (Å²) >= 11 is 0. The van der Waals surface area contributed by atoms with Crippen molar-refractivity contribution in [2.75, 3.05) is 12.4 Å². The van der Waals surface area contributed by atoms with Crippen molar-refractivity contribution in [2.24, 2.45) is 0 Å². The van der Waals surface area contributed by atoms with Crippen LogP contribution < -0.4 is 0 Å². The van der Waals surface area contributed by atoms with Gasteiger partial charge < -0.3 is 9.29 Å². The van der Waals surface area contributed by atoms with E-state index >= 15 is 0 Å². The Balaban J connectivity index is 3.49. The Hall–Kier alpha value is -0.620. The van der Waals surface area contributed by atoms with E-state index < -0.39 is 21.8 Å². The van der Waals surface area contributed by atoms with Gasteiger partial charge in [0.15, 0.2) is 0 Å². The van der Waals surface area contributed by atoms with E-state index in [1.54, 1.807) is 0 Å². The molecule has 0 radical (unpaired) electrons. The van der Waals surface area contributed by atoms with Gasteiger partial charge in [-0.3, -0.25) is 4.79 Å². The van der Waals surface area contributed by atoms with Crippen molar-refractivity contribution in [3.63, 3.8) is 0 Å². The first-order valence-corrected chi connectivity index (χ1v) is 4.06. The van der Waals surface area contributed by atoms with E-state index in [0.717, 1.165) is 6.92 Å². The first-order valence-electron chi connectivity index (χ1n) is 2.49. The molecule has 0 aliphatic heterocycles. The first kappa shape index (κ1) is 9.38. The number of hydrogen-bond acceptors (Lipinski definition) is 5. The first-order chi connectivity index (χ1) is 4.42. The summed E-state index contributed by atoms with van der Waals surface area (Å²) in [7, 11) is -4.25. The SMILES string of the molecule is CC(=O)OCCS(=O)(=O)[O-]. The highest BCUT2D eigenvalue weighted by molar-refractivity contribution is 7.85. The number of ether oxygens (including phenoxy) is 1. The second kappa shape index (κ2) is 3.52. The number of rotatable bonds is 3. The summed E-state index contributed by atoms with van der Waals surface area (Å²) in [4.78, 5) is 10.0. The molecule has 10 heavy (non-hydrogen) atoms. The molecule has 0 aliphatic rings. The van der Waals surface area contributed by atoms with Crippen LogP contribution in [0.3, 0.4) is 0 Å². The summed E-state index contributed by atoms with van der Waals surface area (Å²) in [6, 6.07) is 0. The smallest absolute Gasteiger partial charge is 0.302 e. The quantitative estimate of drug-likeness (QED) is 0.401. The van der Waals surface area contributed by atoms with Crippen LogP contribution in [0.2, 0.25) is 0 Å². The zero-order valence-corrected chi connectivity index (χ0v) is 6.18. The third-order valence-corrected chi connectivity index (χ3v) is 1.31. The van der Waals surface area contributed by atoms with E-state index in [0.29, 0.717) is 0 Å². The fourth-order valence-corrected chi connectivity index (χ4v) is 0.575. The van der Waals surface area contributed by atoms with E-state index in [1.807, 2.05) is 0 Å². The largest absolute Gasteiger partial charge is 0.748 e. The fourth-order valence-electron chi connectivity index (χ4n) is 0.287. The molecule has 0 saturated carbocycles. The molecule has 0 atom stereocenters. The standard InChI is InChI=1S/C4H8O5S/c1-4(5)9-2-3-10(6,7)8/h2-3H2,1H3,(H,6,7,8)/p-1. The monoisotopic (exact) mass is 167 g/mol. The Morgan fingerprint density at radius 1 is 1.60 bits per heavy atom. The molecule has 0 aromatic carbocycles. The average molecular weight is 167 g/mol. The minimum atomic E-state index is -4.25. The lowest BCUT2D eigenvalue weighted by atomic mass is 10.8. The molecule has 5 nitrogen and oxygen atoms in total. The summed E-state index contributed by atoms with van der Waals surface area (Å²) < 4.78 is 33.8. The van der Waals surface area contributed by atoms with Gasteiger partial charge in [-0.25, -0.2) is 8.42 Å². The Kier molecular flexibility index (Phi) is 3.31. The highest BCUT2D eigenvalue weighted by atomic mass is 32.2. The fraction of sp³-hybridized carbons (Fsp3) is 0.750. The molecule has 0 saturated heterocycles. The molecule has 0 rings (SSSR count). The van der Waals surface area contributed by atoms with Crippen LogP contribution in [0.25, 0.3) is 0 Å². The Bertz CT molecular complexity index is 204. The van der Waals surface area contributed by atoms with Crippen LogP contribution in [-0.2, 0) is 19.6 Å². The summed E-state index contributed by atoms with van der Waals surface area (Å²) in [5.74, 6) is -1.25. The third kappa shape index (κ3) is 7.38. The lowest BCUT2D eigenvalue weighted by Crippen LogP contribution is -2.12. The van der Waals surface area contributed by atoms with Gasteiger partial charge in [-0.2, -0.15) is 0 Å². The molecule has 0 aliphatic carbocycles. The van der Waals surface area contributed by atoms with Gasteiger partial charge in [-0.15, -0.1) is 0 Å². The number of hydrogen-bond donors (Lipinski definition) is 0. The van der Waals surface area contributed by atoms with Crippen molar-refractivity contribution >= 4 is 16.1 Å². The molecule has 0 aromatic rings. The molecular weight excluding hydrogens is 160 g/mol. The van der Waals surface area contributed by atoms with Gasteiger partial charge in [0.1, 0.15) is 6.61 Å². The zero-order valence-electron chi connectivity index (χ0n) is 5.36. The minimum Gasteiger partial charge on any atom is -0.748 e. The van der Waals surface area contributed by atoms with Gasteiger partial charge in [0.2, 0.25) is 0 Å². The maximum Gasteiger partial charge on any atom is 0.302 e. The topological polar surface area (TPSA) is 83.5 Å². The van der Waals surface area contributed by atoms with Crippen molar-refractivity contribution in [3.8, 4) is 0 Å². The predicted molar refractivity (Wildman–Crippen MR) is 31.2 cm³/mol. The van der Waals surface area contributed by atoms with Crippen molar-refractivity contribution in [1.82, 2.24) is 0 Å². The molecule has 0 fully saturated rings. The highest BCUT2D eigenvalue weighted by Gasteiger charge is 1.96. The molecule has 0 unspecified atom stereocenters. The van der Waals surface area contributed by atoms with Crippen molar-refractivity contribution in [2.45, 2.75) is 6.92 Å². The maximum atomic E-state index is 10.0. The van der Waals surface area contributed by atoms with Crippen molar-refractivity contribution in [3.05, 3.63) is 0 Å². The summed E-state index contributed by atoms with van der Waals surface area (Å²) in [5.41, 5.74) is 0. The molecular formula is C4H7O5S-. The molecule has 6 heteroatoms. The zero-order chi connectivity index (χ0) is 8.20. The summed E-state index contributed by atoms with van der Waals surface area (Å²) in [5, 5.41) is 0. The second-order valence-electron chi connectivity index (χ2n) is 1.60. The maximum absolute atomic E-state index is 10.0. The minimum absolute atomic E-state index is 0.360. The second-order valence-corrected chi connectivity index (χ2v) is 3.13. The van der Waals surface area contributed by atoms with Crippen LogP contribution in [-0.4, -0.2) is 31.3 Å². The van der Waals surface area contributed by atoms with Crippen molar-refractivity contribution in [1.29, 1.82) is 0 Å². The number of carbonyl (C=O) groups excluding carboxylic acids is 1. The van der Waals surface area contributed by atoms with Gasteiger partial charge in [0, 0.05) is 6.92 Å². The molecule has 0 bridgehead atoms. The van der Waals surface area contributed by atoms with E-state index in [4.69, 9.17) is 0 Å². The van der Waals surface area contributed by atoms with Gasteiger partial charge >= 0.3 is 5.97 Å². The lowest BCUT2D eigenvalue weighted by Gasteiger charge is -2.05. The third-order valence-electron chi connectivity index (χ3n) is 0.639. The Morgan fingerprint density at radius 3 is 2.40 bits per heavy atom. The number of esters is 1. The Morgan fingerprint density at radius 2 is 2.10 bits per heavy atom. The van der Waals surface area contributed by atoms with Crippen LogP contribution >= 0.6 is 0 Å². The van der Waals surface area contributed by atoms with Gasteiger partial charge in [0.25, 0.3) is 0 Å². The summed E-state index contributed by atoms with van der Waals surface area (Å²) in [6.45, 7) is 0.776. The van der Waals surface area contributed by atoms with Crippen molar-refractivity contribution < 1.29 is 22.5 Å². The Labute approximate surface area is 58.7 Å². The predicted octanol–water partition coefficient (Wildman–Crippen LogP) is -0.905. The normalized spacial score (nSPS) is 11.0. The number of carbonyl (C=O) groups is 1. The molecule has 0 heterocycles. The van der Waals surface area contributed by atoms with Crippen LogP contribution in [0.15, 0.2) is 0 Å².